The van der Waals surface area contributed by atoms with E-state index in [1.54, 1.807) is 13.2 Å². The minimum Gasteiger partial charge on any atom is -0.497 e. The summed E-state index contributed by atoms with van der Waals surface area (Å²) in [6.07, 6.45) is 3.25. The summed E-state index contributed by atoms with van der Waals surface area (Å²) in [6, 6.07) is 5.23. The first kappa shape index (κ1) is 21.4. The Morgan fingerprint density at radius 3 is 2.55 bits per heavy atom. The molecule has 6 heteroatoms. The second-order valence-electron chi connectivity index (χ2n) is 5.33. The number of halogens is 3. The average molecular weight is 353 g/mol. The molecular formula is C16H27Cl2FN2O. The van der Waals surface area contributed by atoms with Crippen molar-refractivity contribution in [1.82, 2.24) is 10.2 Å². The van der Waals surface area contributed by atoms with Crippen molar-refractivity contribution in [2.45, 2.75) is 32.2 Å². The molecule has 1 aliphatic rings. The van der Waals surface area contributed by atoms with E-state index in [0.29, 0.717) is 0 Å². The molecule has 1 atom stereocenters. The fourth-order valence-electron chi connectivity index (χ4n) is 2.83. The highest BCUT2D eigenvalue weighted by Gasteiger charge is 2.24. The third-order valence-corrected chi connectivity index (χ3v) is 3.99. The van der Waals surface area contributed by atoms with Crippen LogP contribution >= 0.6 is 24.8 Å². The molecule has 128 valence electrons. The summed E-state index contributed by atoms with van der Waals surface area (Å²) in [7, 11) is 1.63. The first-order chi connectivity index (χ1) is 9.76. The van der Waals surface area contributed by atoms with Gasteiger partial charge in [0.25, 0.3) is 0 Å². The van der Waals surface area contributed by atoms with Crippen LogP contribution in [0, 0.1) is 5.82 Å². The molecule has 2 rings (SSSR count). The highest BCUT2D eigenvalue weighted by molar-refractivity contribution is 5.85. The monoisotopic (exact) mass is 352 g/mol. The number of nitrogens with one attached hydrogen (secondary N) is 1. The fraction of sp³-hybridized carbons (Fsp3) is 0.625. The minimum atomic E-state index is -0.120. The van der Waals surface area contributed by atoms with Gasteiger partial charge in [0, 0.05) is 37.8 Å². The number of piperazine rings is 1. The molecule has 1 aromatic rings. The maximum absolute atomic E-state index is 14.2. The number of benzene rings is 1. The van der Waals surface area contributed by atoms with Crippen molar-refractivity contribution in [2.75, 3.05) is 33.3 Å². The normalized spacial score (nSPS) is 16.3. The lowest BCUT2D eigenvalue weighted by Crippen LogP contribution is -2.45. The van der Waals surface area contributed by atoms with Crippen molar-refractivity contribution in [1.29, 1.82) is 0 Å². The van der Waals surface area contributed by atoms with Crippen molar-refractivity contribution >= 4 is 24.8 Å². The highest BCUT2D eigenvalue weighted by Crippen LogP contribution is 2.31. The number of hydrogen-bond acceptors (Lipinski definition) is 3. The summed E-state index contributed by atoms with van der Waals surface area (Å²) >= 11 is 0. The van der Waals surface area contributed by atoms with Crippen LogP contribution in [0.15, 0.2) is 18.2 Å². The van der Waals surface area contributed by atoms with Gasteiger partial charge in [0.2, 0.25) is 0 Å². The lowest BCUT2D eigenvalue weighted by atomic mass is 9.98. The molecule has 0 radical (unpaired) electrons. The first-order valence-corrected chi connectivity index (χ1v) is 7.54. The van der Waals surface area contributed by atoms with E-state index in [9.17, 15) is 4.39 Å². The van der Waals surface area contributed by atoms with E-state index < -0.39 is 0 Å². The predicted molar refractivity (Wildman–Crippen MR) is 94.2 cm³/mol. The van der Waals surface area contributed by atoms with E-state index in [-0.39, 0.29) is 36.7 Å². The van der Waals surface area contributed by atoms with E-state index >= 15 is 0 Å². The van der Waals surface area contributed by atoms with Crippen molar-refractivity contribution in [3.63, 3.8) is 0 Å². The molecule has 0 unspecified atom stereocenters. The number of hydrogen-bond donors (Lipinski definition) is 1. The Kier molecular flexibility index (Phi) is 10.8. The van der Waals surface area contributed by atoms with Crippen LogP contribution in [0.25, 0.3) is 0 Å². The zero-order valence-electron chi connectivity index (χ0n) is 13.3. The Morgan fingerprint density at radius 2 is 1.95 bits per heavy atom. The Labute approximate surface area is 145 Å². The lowest BCUT2D eigenvalue weighted by molar-refractivity contribution is 0.160. The standard InChI is InChI=1S/C16H25FN2O.2ClH/c1-3-4-5-16(19-10-8-18-9-11-19)14-12-13(20-2)6-7-15(14)17;;/h6-7,12,16,18H,3-5,8-11H2,1-2H3;2*1H/t16-;;/m1../s1. The molecule has 0 aliphatic carbocycles. The molecule has 0 spiro atoms. The molecule has 0 aromatic heterocycles. The van der Waals surface area contributed by atoms with Gasteiger partial charge in [0.15, 0.2) is 0 Å². The number of nitrogens with zero attached hydrogens (tertiary/aromatic N) is 1. The van der Waals surface area contributed by atoms with Gasteiger partial charge in [-0.25, -0.2) is 4.39 Å². The van der Waals surface area contributed by atoms with Crippen molar-refractivity contribution in [2.24, 2.45) is 0 Å². The average Bonchev–Trinajstić information content (AvgIpc) is 2.50. The van der Waals surface area contributed by atoms with Gasteiger partial charge in [0.1, 0.15) is 11.6 Å². The molecule has 1 N–H and O–H groups in total. The van der Waals surface area contributed by atoms with E-state index in [2.05, 4.69) is 17.1 Å². The number of ether oxygens (including phenoxy) is 1. The molecule has 22 heavy (non-hydrogen) atoms. The molecule has 1 heterocycles. The molecule has 0 amide bonds. The van der Waals surface area contributed by atoms with Crippen LogP contribution in [0.2, 0.25) is 0 Å². The fourth-order valence-corrected chi connectivity index (χ4v) is 2.83. The van der Waals surface area contributed by atoms with Gasteiger partial charge >= 0.3 is 0 Å². The molecule has 1 aromatic carbocycles. The van der Waals surface area contributed by atoms with Gasteiger partial charge in [-0.05, 0) is 24.6 Å². The van der Waals surface area contributed by atoms with Crippen LogP contribution in [0.3, 0.4) is 0 Å². The summed E-state index contributed by atoms with van der Waals surface area (Å²) in [4.78, 5) is 2.39. The van der Waals surface area contributed by atoms with Gasteiger partial charge in [-0.15, -0.1) is 24.8 Å². The predicted octanol–water partition coefficient (Wildman–Crippen LogP) is 3.81. The molecule has 0 bridgehead atoms. The Morgan fingerprint density at radius 1 is 1.27 bits per heavy atom. The van der Waals surface area contributed by atoms with Gasteiger partial charge in [-0.2, -0.15) is 0 Å². The van der Waals surface area contributed by atoms with E-state index in [4.69, 9.17) is 4.74 Å². The second-order valence-corrected chi connectivity index (χ2v) is 5.33. The van der Waals surface area contributed by atoms with Gasteiger partial charge in [-0.1, -0.05) is 19.8 Å². The van der Waals surface area contributed by atoms with E-state index in [1.807, 2.05) is 6.07 Å². The molecule has 1 fully saturated rings. The largest absolute Gasteiger partial charge is 0.497 e. The van der Waals surface area contributed by atoms with Crippen LogP contribution in [0.4, 0.5) is 4.39 Å². The molecule has 1 aliphatic heterocycles. The number of methoxy groups -OCH3 is 1. The Bertz CT molecular complexity index is 429. The number of unbranched alkanes of at least 4 members (excludes halogenated alkanes) is 1. The van der Waals surface area contributed by atoms with Crippen molar-refractivity contribution in [3.05, 3.63) is 29.6 Å². The smallest absolute Gasteiger partial charge is 0.128 e. The van der Waals surface area contributed by atoms with Gasteiger partial charge in [0.05, 0.1) is 7.11 Å². The SMILES string of the molecule is CCCC[C@H](c1cc(OC)ccc1F)N1CCNCC1.Cl.Cl. The Hall–Kier alpha value is -0.550. The van der Waals surface area contributed by atoms with Gasteiger partial charge in [-0.3, -0.25) is 4.90 Å². The third-order valence-electron chi connectivity index (χ3n) is 3.99. The summed E-state index contributed by atoms with van der Waals surface area (Å²) in [6.45, 7) is 6.09. The van der Waals surface area contributed by atoms with Crippen LogP contribution in [0.1, 0.15) is 37.8 Å². The molecule has 0 saturated carbocycles. The Balaban J connectivity index is 0.00000220. The zero-order chi connectivity index (χ0) is 14.4. The summed E-state index contributed by atoms with van der Waals surface area (Å²) in [5.74, 6) is 0.614. The molecular weight excluding hydrogens is 326 g/mol. The van der Waals surface area contributed by atoms with Crippen LogP contribution in [-0.2, 0) is 0 Å². The first-order valence-electron chi connectivity index (χ1n) is 7.54. The lowest BCUT2D eigenvalue weighted by Gasteiger charge is -2.35. The quantitative estimate of drug-likeness (QED) is 0.842. The summed E-state index contributed by atoms with van der Waals surface area (Å²) < 4.78 is 19.5. The summed E-state index contributed by atoms with van der Waals surface area (Å²) in [5.41, 5.74) is 0.778. The topological polar surface area (TPSA) is 24.5 Å². The van der Waals surface area contributed by atoms with Gasteiger partial charge < -0.3 is 10.1 Å². The van der Waals surface area contributed by atoms with Crippen LogP contribution in [0.5, 0.6) is 5.75 Å². The molecule has 3 nitrogen and oxygen atoms in total. The van der Waals surface area contributed by atoms with Crippen LogP contribution < -0.4 is 10.1 Å². The second kappa shape index (κ2) is 11.1. The number of rotatable bonds is 6. The van der Waals surface area contributed by atoms with E-state index in [1.165, 1.54) is 6.07 Å². The third kappa shape index (κ3) is 5.58. The maximum atomic E-state index is 14.2. The van der Waals surface area contributed by atoms with E-state index in [0.717, 1.165) is 56.8 Å². The maximum Gasteiger partial charge on any atom is 0.128 e. The summed E-state index contributed by atoms with van der Waals surface area (Å²) in [5, 5.41) is 3.35. The van der Waals surface area contributed by atoms with Crippen LogP contribution in [-0.4, -0.2) is 38.2 Å². The van der Waals surface area contributed by atoms with Crippen molar-refractivity contribution < 1.29 is 9.13 Å². The molecule has 1 saturated heterocycles. The highest BCUT2D eigenvalue weighted by atomic mass is 35.5. The van der Waals surface area contributed by atoms with Crippen molar-refractivity contribution in [3.8, 4) is 5.75 Å². The zero-order valence-corrected chi connectivity index (χ0v) is 14.9. The minimum absolute atomic E-state index is 0.